The van der Waals surface area contributed by atoms with Gasteiger partial charge in [-0.25, -0.2) is 0 Å². The van der Waals surface area contributed by atoms with Crippen molar-refractivity contribution in [3.05, 3.63) is 46.5 Å². The van der Waals surface area contributed by atoms with Gasteiger partial charge < -0.3 is 39.1 Å². The Morgan fingerprint density at radius 1 is 0.723 bits per heavy atom. The molecule has 4 aliphatic carbocycles. The van der Waals surface area contributed by atoms with Gasteiger partial charge in [0.1, 0.15) is 25.4 Å². The van der Waals surface area contributed by atoms with Crippen molar-refractivity contribution in [2.45, 2.75) is 189 Å². The van der Waals surface area contributed by atoms with E-state index in [1.54, 1.807) is 0 Å². The van der Waals surface area contributed by atoms with Crippen LogP contribution in [0, 0.1) is 52.3 Å². The molecule has 3 saturated carbocycles. The SMILES string of the molecule is CCCCNCC1C[C@H]([C@@H](C)C(C)(C)C)[C@@H](OC)[C@@H]2Oc3c(OCCOc4ccc5c6c4O[C@H]4C(OC)C([C@@H](C)C(C)(C)C)CC([C@H](NCC7CC7)C5)[C@@]64CC)ccc(CC)c3[C@]12CC. The number of hydrogen-bond donors (Lipinski definition) is 2. The smallest absolute Gasteiger partial charge is 0.165 e. The fourth-order valence-corrected chi connectivity index (χ4v) is 14.3. The summed E-state index contributed by atoms with van der Waals surface area (Å²) in [5, 5.41) is 8.06. The van der Waals surface area contributed by atoms with Crippen LogP contribution in [0.3, 0.4) is 0 Å². The summed E-state index contributed by atoms with van der Waals surface area (Å²) in [5.41, 5.74) is 5.51. The lowest BCUT2D eigenvalue weighted by Gasteiger charge is -2.57. The van der Waals surface area contributed by atoms with Gasteiger partial charge in [0.15, 0.2) is 23.0 Å². The van der Waals surface area contributed by atoms with Crippen LogP contribution < -0.4 is 29.6 Å². The van der Waals surface area contributed by atoms with Gasteiger partial charge in [-0.3, -0.25) is 0 Å². The van der Waals surface area contributed by atoms with Gasteiger partial charge in [0.2, 0.25) is 0 Å². The number of rotatable bonds is 20. The van der Waals surface area contributed by atoms with Gasteiger partial charge in [-0.2, -0.15) is 0 Å². The highest BCUT2D eigenvalue weighted by Crippen LogP contribution is 2.65. The molecular weight excluding hydrogens is 809 g/mol. The summed E-state index contributed by atoms with van der Waals surface area (Å²) in [7, 11) is 3.83. The summed E-state index contributed by atoms with van der Waals surface area (Å²) < 4.78 is 41.5. The molecule has 13 atom stereocenters. The second kappa shape index (κ2) is 19.1. The van der Waals surface area contributed by atoms with Crippen LogP contribution in [0.5, 0.6) is 23.0 Å². The van der Waals surface area contributed by atoms with Gasteiger partial charge in [0, 0.05) is 42.2 Å². The molecule has 0 aromatic heterocycles. The Morgan fingerprint density at radius 2 is 1.29 bits per heavy atom. The van der Waals surface area contributed by atoms with Gasteiger partial charge in [0.05, 0.1) is 12.2 Å². The number of nitrogens with one attached hydrogen (secondary N) is 2. The minimum Gasteiger partial charge on any atom is -0.486 e. The Bertz CT molecular complexity index is 1950. The van der Waals surface area contributed by atoms with E-state index in [1.165, 1.54) is 47.9 Å². The van der Waals surface area contributed by atoms with Crippen molar-refractivity contribution in [2.24, 2.45) is 52.3 Å². The predicted molar refractivity (Wildman–Crippen MR) is 264 cm³/mol. The van der Waals surface area contributed by atoms with Crippen molar-refractivity contribution in [3.63, 3.8) is 0 Å². The zero-order valence-corrected chi connectivity index (χ0v) is 43.3. The summed E-state index contributed by atoms with van der Waals surface area (Å²) in [4.78, 5) is 0. The molecule has 0 spiro atoms. The minimum atomic E-state index is -0.185. The highest BCUT2D eigenvalue weighted by molar-refractivity contribution is 5.62. The number of ether oxygens (including phenoxy) is 6. The van der Waals surface area contributed by atoms with E-state index in [4.69, 9.17) is 28.4 Å². The average Bonchev–Trinajstić information content (AvgIpc) is 3.95. The number of unbranched alkanes of at least 4 members (excludes halogenated alkanes) is 1. The fourth-order valence-electron chi connectivity index (χ4n) is 14.3. The summed E-state index contributed by atoms with van der Waals surface area (Å²) in [5.74, 6) is 6.91. The first-order valence-corrected chi connectivity index (χ1v) is 26.5. The second-order valence-electron chi connectivity index (χ2n) is 23.8. The molecule has 0 radical (unpaired) electrons. The molecule has 2 aromatic rings. The third-order valence-corrected chi connectivity index (χ3v) is 18.9. The van der Waals surface area contributed by atoms with Gasteiger partial charge in [-0.1, -0.05) is 102 Å². The number of hydrogen-bond acceptors (Lipinski definition) is 8. The summed E-state index contributed by atoms with van der Waals surface area (Å²) >= 11 is 0. The molecule has 2 N–H and O–H groups in total. The van der Waals surface area contributed by atoms with Crippen LogP contribution in [0.25, 0.3) is 0 Å². The van der Waals surface area contributed by atoms with E-state index in [0.29, 0.717) is 54.8 Å². The van der Waals surface area contributed by atoms with E-state index < -0.39 is 0 Å². The Hall–Kier alpha value is -2.52. The molecule has 2 aromatic carbocycles. The van der Waals surface area contributed by atoms with Crippen LogP contribution in [-0.4, -0.2) is 77.5 Å². The summed E-state index contributed by atoms with van der Waals surface area (Å²) in [6, 6.07) is 9.39. The molecule has 8 rings (SSSR count). The van der Waals surface area contributed by atoms with Crippen molar-refractivity contribution in [3.8, 4) is 23.0 Å². The van der Waals surface area contributed by atoms with Crippen LogP contribution in [0.15, 0.2) is 24.3 Å². The van der Waals surface area contributed by atoms with Crippen molar-refractivity contribution in [1.82, 2.24) is 10.6 Å². The fraction of sp³-hybridized carbons (Fsp3) is 0.789. The first-order valence-electron chi connectivity index (χ1n) is 26.5. The lowest BCUT2D eigenvalue weighted by Crippen LogP contribution is -2.65. The Kier molecular flexibility index (Phi) is 14.4. The van der Waals surface area contributed by atoms with Crippen molar-refractivity contribution >= 4 is 0 Å². The maximum atomic E-state index is 7.37. The molecule has 8 heteroatoms. The predicted octanol–water partition coefficient (Wildman–Crippen LogP) is 11.5. The molecule has 0 saturated heterocycles. The second-order valence-corrected chi connectivity index (χ2v) is 23.8. The highest BCUT2D eigenvalue weighted by Gasteiger charge is 2.66. The summed E-state index contributed by atoms with van der Waals surface area (Å²) in [6.07, 6.45) is 11.1. The van der Waals surface area contributed by atoms with Gasteiger partial charge in [-0.05, 0) is 153 Å². The van der Waals surface area contributed by atoms with E-state index in [0.717, 1.165) is 87.1 Å². The van der Waals surface area contributed by atoms with Gasteiger partial charge in [-0.15, -0.1) is 0 Å². The lowest BCUT2D eigenvalue weighted by molar-refractivity contribution is -0.135. The van der Waals surface area contributed by atoms with Crippen molar-refractivity contribution in [1.29, 1.82) is 0 Å². The van der Waals surface area contributed by atoms with E-state index in [2.05, 4.69) is 118 Å². The third kappa shape index (κ3) is 8.45. The topological polar surface area (TPSA) is 79.4 Å². The van der Waals surface area contributed by atoms with Crippen LogP contribution in [0.2, 0.25) is 0 Å². The standard InChI is InChI=1S/C57H90N2O6/c1-15-19-26-58-33-39-30-40(34(5)54(7,8)9)48(60-13)52-56(39,17-3)46-37(16-2)22-24-44(50(46)64-52)62-27-28-63-45-25-23-38-29-43(59-32-36-20-21-36)42-31-41(35(6)55(10,11)12)49(61-14)53-57(42,18-4)47(38)51(45)65-53/h22-25,34-36,39-43,48-49,52-53,58-59H,15-21,26-33H2,1-14H3/t34-,35-,39?,40-,41?,42?,43-,48-,49?,52+,53+,56+,57+/m1/s1. The van der Waals surface area contributed by atoms with Crippen molar-refractivity contribution in [2.75, 3.05) is 47.1 Å². The molecule has 364 valence electrons. The average molecular weight is 899 g/mol. The van der Waals surface area contributed by atoms with E-state index in [1.807, 2.05) is 14.2 Å². The number of aryl methyl sites for hydroxylation is 1. The first kappa shape index (κ1) is 48.9. The minimum absolute atomic E-state index is 0.00119. The molecule has 8 nitrogen and oxygen atoms in total. The molecule has 0 amide bonds. The monoisotopic (exact) mass is 899 g/mol. The van der Waals surface area contributed by atoms with Crippen molar-refractivity contribution < 1.29 is 28.4 Å². The third-order valence-electron chi connectivity index (χ3n) is 18.9. The number of fused-ring (bicyclic) bond motifs is 3. The zero-order valence-electron chi connectivity index (χ0n) is 43.3. The number of methoxy groups -OCH3 is 2. The molecule has 2 heterocycles. The first-order chi connectivity index (χ1) is 31.0. The van der Waals surface area contributed by atoms with Crippen LogP contribution in [-0.2, 0) is 33.1 Å². The molecule has 65 heavy (non-hydrogen) atoms. The Labute approximate surface area is 395 Å². The van der Waals surface area contributed by atoms with Gasteiger partial charge in [0.25, 0.3) is 0 Å². The largest absolute Gasteiger partial charge is 0.486 e. The van der Waals surface area contributed by atoms with E-state index in [9.17, 15) is 0 Å². The zero-order chi connectivity index (χ0) is 46.6. The molecule has 3 fully saturated rings. The molecule has 2 aliphatic heterocycles. The molecule has 0 bridgehead atoms. The van der Waals surface area contributed by atoms with Crippen LogP contribution in [0.4, 0.5) is 0 Å². The summed E-state index contributed by atoms with van der Waals surface area (Å²) in [6.45, 7) is 32.5. The Morgan fingerprint density at radius 3 is 1.83 bits per heavy atom. The Balaban J connectivity index is 1.07. The van der Waals surface area contributed by atoms with Crippen LogP contribution >= 0.6 is 0 Å². The number of benzene rings is 2. The molecule has 6 aliphatic rings. The highest BCUT2D eigenvalue weighted by atomic mass is 16.6. The maximum absolute atomic E-state index is 7.37. The van der Waals surface area contributed by atoms with E-state index >= 15 is 0 Å². The molecular formula is C57H90N2O6. The van der Waals surface area contributed by atoms with Gasteiger partial charge >= 0.3 is 0 Å². The van der Waals surface area contributed by atoms with E-state index in [-0.39, 0.29) is 46.1 Å². The maximum Gasteiger partial charge on any atom is 0.165 e. The van der Waals surface area contributed by atoms with Crippen LogP contribution in [0.1, 0.15) is 157 Å². The normalized spacial score (nSPS) is 33.4. The molecule has 4 unspecified atom stereocenters. The lowest BCUT2D eigenvalue weighted by atomic mass is 9.49. The quantitative estimate of drug-likeness (QED) is 0.127.